The van der Waals surface area contributed by atoms with Crippen molar-refractivity contribution in [2.24, 2.45) is 0 Å². The van der Waals surface area contributed by atoms with E-state index in [4.69, 9.17) is 14.6 Å². The van der Waals surface area contributed by atoms with Crippen LogP contribution in [0.25, 0.3) is 0 Å². The summed E-state index contributed by atoms with van der Waals surface area (Å²) in [5, 5.41) is 9.04. The second-order valence-corrected chi connectivity index (χ2v) is 3.73. The molecule has 1 rings (SSSR count). The second kappa shape index (κ2) is 8.63. The molecule has 0 bridgehead atoms. The maximum absolute atomic E-state index is 10.5. The van der Waals surface area contributed by atoms with Crippen LogP contribution in [0.5, 0.6) is 0 Å². The van der Waals surface area contributed by atoms with Gasteiger partial charge in [-0.15, -0.1) is 0 Å². The molecule has 0 saturated carbocycles. The first-order valence-corrected chi connectivity index (χ1v) is 5.70. The smallest absolute Gasteiger partial charge is 0.304 e. The molecule has 0 saturated heterocycles. The van der Waals surface area contributed by atoms with Crippen LogP contribution in [-0.4, -0.2) is 37.2 Å². The molecule has 5 heteroatoms. The Bertz CT molecular complexity index is 338. The molecule has 1 unspecified atom stereocenters. The molecule has 100 valence electrons. The number of benzene rings is 1. The molecule has 0 aromatic heterocycles. The predicted molar refractivity (Wildman–Crippen MR) is 64.7 cm³/mol. The molecule has 1 aromatic rings. The zero-order chi connectivity index (χ0) is 13.2. The molecule has 1 N–H and O–H groups in total. The summed E-state index contributed by atoms with van der Waals surface area (Å²) in [7, 11) is 0. The van der Waals surface area contributed by atoms with Gasteiger partial charge in [0, 0.05) is 6.92 Å². The van der Waals surface area contributed by atoms with Crippen molar-refractivity contribution in [3.05, 3.63) is 35.9 Å². The minimum atomic E-state index is -0.493. The maximum atomic E-state index is 10.5. The summed E-state index contributed by atoms with van der Waals surface area (Å²) in [5.74, 6) is -0.420. The number of rotatable bonds is 8. The lowest BCUT2D eigenvalue weighted by molar-refractivity contribution is -0.164. The highest BCUT2D eigenvalue weighted by atomic mass is 16.7. The van der Waals surface area contributed by atoms with Crippen LogP contribution in [-0.2, 0) is 25.6 Å². The monoisotopic (exact) mass is 254 g/mol. The summed E-state index contributed by atoms with van der Waals surface area (Å²) in [6.45, 7) is 1.63. The first-order chi connectivity index (χ1) is 8.72. The van der Waals surface area contributed by atoms with Crippen LogP contribution in [0.4, 0.5) is 0 Å². The second-order valence-electron chi connectivity index (χ2n) is 3.73. The summed E-state index contributed by atoms with van der Waals surface area (Å²) >= 11 is 0. The van der Waals surface area contributed by atoms with Gasteiger partial charge in [0.2, 0.25) is 0 Å². The van der Waals surface area contributed by atoms with E-state index >= 15 is 0 Å². The van der Waals surface area contributed by atoms with Crippen molar-refractivity contribution in [3.8, 4) is 0 Å². The molecule has 0 aliphatic rings. The topological polar surface area (TPSA) is 65.0 Å². The predicted octanol–water partition coefficient (Wildman–Crippen LogP) is 1.10. The number of hydrogen-bond acceptors (Lipinski definition) is 5. The summed E-state index contributed by atoms with van der Waals surface area (Å²) in [4.78, 5) is 10.5. The van der Waals surface area contributed by atoms with E-state index in [2.05, 4.69) is 4.74 Å². The number of carbonyl (C=O) groups is 1. The van der Waals surface area contributed by atoms with Crippen LogP contribution < -0.4 is 0 Å². The zero-order valence-electron chi connectivity index (χ0n) is 10.4. The highest BCUT2D eigenvalue weighted by molar-refractivity contribution is 5.65. The molecule has 1 atom stereocenters. The van der Waals surface area contributed by atoms with E-state index in [1.54, 1.807) is 0 Å². The fourth-order valence-corrected chi connectivity index (χ4v) is 1.25. The number of ether oxygens (including phenoxy) is 3. The molecule has 0 aliphatic carbocycles. The summed E-state index contributed by atoms with van der Waals surface area (Å²) < 4.78 is 15.1. The lowest BCUT2D eigenvalue weighted by Gasteiger charge is -2.15. The third-order valence-electron chi connectivity index (χ3n) is 2.18. The van der Waals surface area contributed by atoms with Crippen LogP contribution >= 0.6 is 0 Å². The number of esters is 1. The van der Waals surface area contributed by atoms with Crippen LogP contribution in [0, 0.1) is 0 Å². The summed E-state index contributed by atoms with van der Waals surface area (Å²) in [6, 6.07) is 9.70. The molecule has 18 heavy (non-hydrogen) atoms. The van der Waals surface area contributed by atoms with Crippen LogP contribution in [0.3, 0.4) is 0 Å². The van der Waals surface area contributed by atoms with E-state index in [1.807, 2.05) is 30.3 Å². The van der Waals surface area contributed by atoms with Gasteiger partial charge in [-0.1, -0.05) is 30.3 Å². The minimum Gasteiger partial charge on any atom is -0.439 e. The standard InChI is InChI=1S/C13H18O5/c1-11(15)17-10-18-13(7-14)9-16-8-12-5-3-2-4-6-12/h2-6,13-14H,7-10H2,1H3. The Labute approximate surface area is 106 Å². The average Bonchev–Trinajstić information content (AvgIpc) is 2.38. The summed E-state index contributed by atoms with van der Waals surface area (Å²) in [6.07, 6.45) is -0.493. The van der Waals surface area contributed by atoms with Gasteiger partial charge in [-0.3, -0.25) is 4.79 Å². The quantitative estimate of drug-likeness (QED) is 0.556. The van der Waals surface area contributed by atoms with Crippen LogP contribution in [0.1, 0.15) is 12.5 Å². The van der Waals surface area contributed by atoms with Crippen LogP contribution in [0.2, 0.25) is 0 Å². The maximum Gasteiger partial charge on any atom is 0.304 e. The van der Waals surface area contributed by atoms with E-state index in [0.717, 1.165) is 5.56 Å². The Hall–Kier alpha value is -1.43. The van der Waals surface area contributed by atoms with Crippen molar-refractivity contribution >= 4 is 5.97 Å². The van der Waals surface area contributed by atoms with Crippen molar-refractivity contribution in [1.82, 2.24) is 0 Å². The van der Waals surface area contributed by atoms with Gasteiger partial charge in [0.1, 0.15) is 6.10 Å². The van der Waals surface area contributed by atoms with Crippen molar-refractivity contribution in [2.75, 3.05) is 20.0 Å². The van der Waals surface area contributed by atoms with E-state index in [1.165, 1.54) is 6.92 Å². The lowest BCUT2D eigenvalue weighted by Crippen LogP contribution is -2.25. The Morgan fingerprint density at radius 1 is 1.33 bits per heavy atom. The van der Waals surface area contributed by atoms with E-state index in [0.29, 0.717) is 6.61 Å². The Kier molecular flexibility index (Phi) is 7.01. The van der Waals surface area contributed by atoms with E-state index in [-0.39, 0.29) is 20.0 Å². The van der Waals surface area contributed by atoms with Gasteiger partial charge in [0.15, 0.2) is 6.79 Å². The third-order valence-corrected chi connectivity index (χ3v) is 2.18. The van der Waals surface area contributed by atoms with Gasteiger partial charge in [0.05, 0.1) is 19.8 Å². The Morgan fingerprint density at radius 2 is 2.06 bits per heavy atom. The zero-order valence-corrected chi connectivity index (χ0v) is 10.4. The Morgan fingerprint density at radius 3 is 2.67 bits per heavy atom. The number of aliphatic hydroxyl groups excluding tert-OH is 1. The van der Waals surface area contributed by atoms with Gasteiger partial charge >= 0.3 is 5.97 Å². The number of carbonyl (C=O) groups excluding carboxylic acids is 1. The average molecular weight is 254 g/mol. The molecule has 1 aromatic carbocycles. The molecular weight excluding hydrogens is 236 g/mol. The van der Waals surface area contributed by atoms with Crippen molar-refractivity contribution < 1.29 is 24.1 Å². The molecule has 0 aliphatic heterocycles. The SMILES string of the molecule is CC(=O)OCOC(CO)COCc1ccccc1. The molecule has 0 heterocycles. The first kappa shape index (κ1) is 14.6. The van der Waals surface area contributed by atoms with Crippen molar-refractivity contribution in [3.63, 3.8) is 0 Å². The van der Waals surface area contributed by atoms with Crippen LogP contribution in [0.15, 0.2) is 30.3 Å². The summed E-state index contributed by atoms with van der Waals surface area (Å²) in [5.41, 5.74) is 1.05. The number of aliphatic hydroxyl groups is 1. The highest BCUT2D eigenvalue weighted by Crippen LogP contribution is 2.02. The number of hydrogen-bond donors (Lipinski definition) is 1. The van der Waals surface area contributed by atoms with Gasteiger partial charge in [-0.05, 0) is 5.56 Å². The highest BCUT2D eigenvalue weighted by Gasteiger charge is 2.08. The molecular formula is C13H18O5. The molecule has 0 fully saturated rings. The first-order valence-electron chi connectivity index (χ1n) is 5.70. The lowest BCUT2D eigenvalue weighted by atomic mass is 10.2. The van der Waals surface area contributed by atoms with E-state index in [9.17, 15) is 4.79 Å². The molecule has 0 amide bonds. The molecule has 5 nitrogen and oxygen atoms in total. The fourth-order valence-electron chi connectivity index (χ4n) is 1.25. The molecule has 0 spiro atoms. The van der Waals surface area contributed by atoms with Gasteiger partial charge < -0.3 is 19.3 Å². The normalized spacial score (nSPS) is 12.1. The molecule has 0 radical (unpaired) electrons. The fraction of sp³-hybridized carbons (Fsp3) is 0.462. The van der Waals surface area contributed by atoms with E-state index < -0.39 is 12.1 Å². The Balaban J connectivity index is 2.17. The minimum absolute atomic E-state index is 0.171. The van der Waals surface area contributed by atoms with Gasteiger partial charge in [0.25, 0.3) is 0 Å². The van der Waals surface area contributed by atoms with Crippen molar-refractivity contribution in [2.45, 2.75) is 19.6 Å². The van der Waals surface area contributed by atoms with Crippen molar-refractivity contribution in [1.29, 1.82) is 0 Å². The largest absolute Gasteiger partial charge is 0.439 e. The third kappa shape index (κ3) is 6.34. The van der Waals surface area contributed by atoms with Gasteiger partial charge in [-0.2, -0.15) is 0 Å². The van der Waals surface area contributed by atoms with Gasteiger partial charge in [-0.25, -0.2) is 0 Å².